The van der Waals surface area contributed by atoms with Crippen LogP contribution < -0.4 is 5.32 Å². The summed E-state index contributed by atoms with van der Waals surface area (Å²) >= 11 is 0. The van der Waals surface area contributed by atoms with E-state index in [1.807, 2.05) is 0 Å². The zero-order valence-electron chi connectivity index (χ0n) is 11.0. The summed E-state index contributed by atoms with van der Waals surface area (Å²) in [6.45, 7) is 0. The van der Waals surface area contributed by atoms with Gasteiger partial charge in [-0.1, -0.05) is 0 Å². The number of aromatic amines is 2. The van der Waals surface area contributed by atoms with Crippen LogP contribution in [0.4, 0.5) is 5.69 Å². The lowest BCUT2D eigenvalue weighted by atomic mass is 10.1. The number of anilines is 1. The standard InChI is InChI=1S/C13H11N5O3/c1-21-13(20)9-4-7(5-10-8(9)2-3-14-10)17-12(19)11-15-6-16-18-11/h2-6,14H,1H3,(H,17,19)(H,15,16,18). The van der Waals surface area contributed by atoms with Crippen molar-refractivity contribution < 1.29 is 14.3 Å². The molecule has 8 nitrogen and oxygen atoms in total. The first kappa shape index (κ1) is 12.9. The average Bonchev–Trinajstić information content (AvgIpc) is 3.16. The van der Waals surface area contributed by atoms with E-state index in [0.717, 1.165) is 5.39 Å². The van der Waals surface area contributed by atoms with Crippen LogP contribution in [0.5, 0.6) is 0 Å². The molecule has 0 fully saturated rings. The summed E-state index contributed by atoms with van der Waals surface area (Å²) in [5, 5.41) is 9.44. The molecule has 0 unspecified atom stereocenters. The number of nitrogens with zero attached hydrogens (tertiary/aromatic N) is 2. The van der Waals surface area contributed by atoms with Crippen molar-refractivity contribution in [2.75, 3.05) is 12.4 Å². The van der Waals surface area contributed by atoms with E-state index in [2.05, 4.69) is 25.5 Å². The molecule has 2 heterocycles. The first-order valence-electron chi connectivity index (χ1n) is 6.05. The quantitative estimate of drug-likeness (QED) is 0.628. The SMILES string of the molecule is COC(=O)c1cc(NC(=O)c2ncn[nH]2)cc2[nH]ccc12. The Labute approximate surface area is 118 Å². The monoisotopic (exact) mass is 285 g/mol. The zero-order chi connectivity index (χ0) is 14.8. The third-order valence-corrected chi connectivity index (χ3v) is 2.96. The molecule has 106 valence electrons. The average molecular weight is 285 g/mol. The maximum atomic E-state index is 11.9. The largest absolute Gasteiger partial charge is 0.465 e. The molecule has 8 heteroatoms. The van der Waals surface area contributed by atoms with Gasteiger partial charge in [0, 0.05) is 22.8 Å². The zero-order valence-corrected chi connectivity index (χ0v) is 11.0. The van der Waals surface area contributed by atoms with Gasteiger partial charge in [0.25, 0.3) is 5.91 Å². The smallest absolute Gasteiger partial charge is 0.338 e. The highest BCUT2D eigenvalue weighted by Crippen LogP contribution is 2.24. The van der Waals surface area contributed by atoms with Crippen molar-refractivity contribution in [3.05, 3.63) is 42.1 Å². The second kappa shape index (κ2) is 5.08. The molecule has 0 aliphatic carbocycles. The summed E-state index contributed by atoms with van der Waals surface area (Å²) in [7, 11) is 1.31. The minimum absolute atomic E-state index is 0.0844. The lowest BCUT2D eigenvalue weighted by molar-refractivity contribution is 0.0603. The second-order valence-electron chi connectivity index (χ2n) is 4.24. The molecular formula is C13H11N5O3. The van der Waals surface area contributed by atoms with Crippen LogP contribution in [0.25, 0.3) is 10.9 Å². The Morgan fingerprint density at radius 3 is 2.90 bits per heavy atom. The van der Waals surface area contributed by atoms with Gasteiger partial charge in [-0.2, -0.15) is 5.10 Å². The number of carbonyl (C=O) groups is 2. The van der Waals surface area contributed by atoms with E-state index in [9.17, 15) is 9.59 Å². The molecule has 0 bridgehead atoms. The molecular weight excluding hydrogens is 274 g/mol. The fraction of sp³-hybridized carbons (Fsp3) is 0.0769. The van der Waals surface area contributed by atoms with Crippen molar-refractivity contribution >= 4 is 28.5 Å². The number of hydrogen-bond donors (Lipinski definition) is 3. The fourth-order valence-electron chi connectivity index (χ4n) is 2.02. The number of esters is 1. The Morgan fingerprint density at radius 1 is 1.33 bits per heavy atom. The number of hydrogen-bond acceptors (Lipinski definition) is 5. The maximum Gasteiger partial charge on any atom is 0.338 e. The number of H-pyrrole nitrogens is 2. The first-order valence-corrected chi connectivity index (χ1v) is 6.05. The maximum absolute atomic E-state index is 11.9. The summed E-state index contributed by atoms with van der Waals surface area (Å²) in [5.41, 5.74) is 1.53. The molecule has 0 aliphatic heterocycles. The molecule has 2 aromatic heterocycles. The summed E-state index contributed by atoms with van der Waals surface area (Å²) in [5.74, 6) is -0.842. The Kier molecular flexibility index (Phi) is 3.11. The van der Waals surface area contributed by atoms with Crippen LogP contribution in [0.2, 0.25) is 0 Å². The van der Waals surface area contributed by atoms with E-state index in [1.165, 1.54) is 13.4 Å². The lowest BCUT2D eigenvalue weighted by Crippen LogP contribution is -2.14. The summed E-state index contributed by atoms with van der Waals surface area (Å²) in [4.78, 5) is 30.5. The van der Waals surface area contributed by atoms with E-state index < -0.39 is 11.9 Å². The number of carbonyl (C=O) groups excluding carboxylic acids is 2. The first-order chi connectivity index (χ1) is 10.2. The highest BCUT2D eigenvalue weighted by molar-refractivity contribution is 6.08. The molecule has 0 radical (unpaired) electrons. The van der Waals surface area contributed by atoms with Gasteiger partial charge >= 0.3 is 5.97 Å². The summed E-state index contributed by atoms with van der Waals surface area (Å²) in [6, 6.07) is 5.04. The molecule has 3 N–H and O–H groups in total. The molecule has 0 atom stereocenters. The van der Waals surface area contributed by atoms with Gasteiger partial charge in [-0.05, 0) is 18.2 Å². The van der Waals surface area contributed by atoms with E-state index in [4.69, 9.17) is 4.74 Å². The summed E-state index contributed by atoms with van der Waals surface area (Å²) < 4.78 is 4.75. The van der Waals surface area contributed by atoms with Crippen molar-refractivity contribution in [2.24, 2.45) is 0 Å². The van der Waals surface area contributed by atoms with Gasteiger partial charge in [-0.3, -0.25) is 9.89 Å². The van der Waals surface area contributed by atoms with Crippen molar-refractivity contribution in [2.45, 2.75) is 0 Å². The number of amides is 1. The van der Waals surface area contributed by atoms with Crippen molar-refractivity contribution in [3.63, 3.8) is 0 Å². The predicted octanol–water partition coefficient (Wildman–Crippen LogP) is 1.32. The number of rotatable bonds is 3. The third kappa shape index (κ3) is 2.34. The Bertz CT molecular complexity index is 806. The number of aromatic nitrogens is 4. The molecule has 0 aliphatic rings. The minimum atomic E-state index is -0.477. The van der Waals surface area contributed by atoms with Gasteiger partial charge in [0.15, 0.2) is 0 Å². The van der Waals surface area contributed by atoms with Crippen LogP contribution in [-0.2, 0) is 4.74 Å². The Balaban J connectivity index is 1.99. The highest BCUT2D eigenvalue weighted by Gasteiger charge is 2.15. The second-order valence-corrected chi connectivity index (χ2v) is 4.24. The van der Waals surface area contributed by atoms with Crippen molar-refractivity contribution in [1.82, 2.24) is 20.2 Å². The third-order valence-electron chi connectivity index (χ3n) is 2.96. The molecule has 0 spiro atoms. The molecule has 0 saturated heterocycles. The molecule has 21 heavy (non-hydrogen) atoms. The molecule has 0 saturated carbocycles. The number of benzene rings is 1. The normalized spacial score (nSPS) is 10.5. The molecule has 3 aromatic rings. The topological polar surface area (TPSA) is 113 Å². The van der Waals surface area contributed by atoms with Gasteiger partial charge in [-0.15, -0.1) is 0 Å². The van der Waals surface area contributed by atoms with Crippen LogP contribution in [0.15, 0.2) is 30.7 Å². The number of methoxy groups -OCH3 is 1. The molecule has 1 aromatic carbocycles. The number of ether oxygens (including phenoxy) is 1. The van der Waals surface area contributed by atoms with Crippen LogP contribution in [0, 0.1) is 0 Å². The van der Waals surface area contributed by atoms with Gasteiger partial charge in [-0.25, -0.2) is 9.78 Å². The lowest BCUT2D eigenvalue weighted by Gasteiger charge is -2.07. The summed E-state index contributed by atoms with van der Waals surface area (Å²) in [6.07, 6.45) is 2.95. The van der Waals surface area contributed by atoms with Gasteiger partial charge in [0.05, 0.1) is 12.7 Å². The predicted molar refractivity (Wildman–Crippen MR) is 74.0 cm³/mol. The number of nitrogens with one attached hydrogen (secondary N) is 3. The highest BCUT2D eigenvalue weighted by atomic mass is 16.5. The molecule has 1 amide bonds. The number of fused-ring (bicyclic) bond motifs is 1. The van der Waals surface area contributed by atoms with Crippen LogP contribution in [0.1, 0.15) is 21.0 Å². The Hall–Kier alpha value is -3.16. The van der Waals surface area contributed by atoms with E-state index in [0.29, 0.717) is 16.8 Å². The van der Waals surface area contributed by atoms with E-state index in [1.54, 1.807) is 24.4 Å². The van der Waals surface area contributed by atoms with Crippen LogP contribution >= 0.6 is 0 Å². The van der Waals surface area contributed by atoms with Crippen LogP contribution in [0.3, 0.4) is 0 Å². The van der Waals surface area contributed by atoms with E-state index >= 15 is 0 Å². The van der Waals surface area contributed by atoms with E-state index in [-0.39, 0.29) is 5.82 Å². The Morgan fingerprint density at radius 2 is 2.19 bits per heavy atom. The van der Waals surface area contributed by atoms with Gasteiger partial charge in [0.1, 0.15) is 6.33 Å². The molecule has 3 rings (SSSR count). The van der Waals surface area contributed by atoms with Crippen molar-refractivity contribution in [3.8, 4) is 0 Å². The van der Waals surface area contributed by atoms with Gasteiger partial charge in [0.2, 0.25) is 5.82 Å². The van der Waals surface area contributed by atoms with Gasteiger partial charge < -0.3 is 15.0 Å². The minimum Gasteiger partial charge on any atom is -0.465 e. The fourth-order valence-corrected chi connectivity index (χ4v) is 2.02. The van der Waals surface area contributed by atoms with Crippen LogP contribution in [-0.4, -0.2) is 39.2 Å². The van der Waals surface area contributed by atoms with Crippen molar-refractivity contribution in [1.29, 1.82) is 0 Å².